The molecule has 0 spiro atoms. The average Bonchev–Trinajstić information content (AvgIpc) is 2.44. The number of nitrogens with two attached hydrogens (primary N) is 1. The van der Waals surface area contributed by atoms with Crippen LogP contribution in [0.3, 0.4) is 0 Å². The van der Waals surface area contributed by atoms with E-state index >= 15 is 0 Å². The monoisotopic (exact) mass is 314 g/mol. The molecule has 0 bridgehead atoms. The highest BCUT2D eigenvalue weighted by Crippen LogP contribution is 2.34. The van der Waals surface area contributed by atoms with E-state index in [2.05, 4.69) is 11.8 Å². The van der Waals surface area contributed by atoms with Crippen molar-refractivity contribution in [1.82, 2.24) is 4.90 Å². The van der Waals surface area contributed by atoms with E-state index in [9.17, 15) is 0 Å². The van der Waals surface area contributed by atoms with Gasteiger partial charge in [0.15, 0.2) is 0 Å². The summed E-state index contributed by atoms with van der Waals surface area (Å²) in [7, 11) is 0. The molecule has 2 atom stereocenters. The molecule has 0 amide bonds. The Morgan fingerprint density at radius 1 is 1.35 bits per heavy atom. The first kappa shape index (κ1) is 16.1. The maximum atomic E-state index is 6.38. The molecule has 2 N–H and O–H groups in total. The van der Waals surface area contributed by atoms with Crippen LogP contribution in [0.15, 0.2) is 18.2 Å². The first-order valence-electron chi connectivity index (χ1n) is 7.58. The number of nitrogens with zero attached hydrogens (tertiary/aromatic N) is 1. The van der Waals surface area contributed by atoms with Crippen molar-refractivity contribution in [3.63, 3.8) is 0 Å². The lowest BCUT2D eigenvalue weighted by molar-refractivity contribution is 0.0913. The molecule has 4 heteroatoms. The maximum Gasteiger partial charge on any atom is 0.0488 e. The first-order chi connectivity index (χ1) is 9.67. The highest BCUT2D eigenvalue weighted by Gasteiger charge is 2.29. The second-order valence-electron chi connectivity index (χ2n) is 5.59. The highest BCUT2D eigenvalue weighted by atomic mass is 35.5. The summed E-state index contributed by atoms with van der Waals surface area (Å²) in [5.74, 6) is 0. The Kier molecular flexibility index (Phi) is 6.16. The molecule has 0 aromatic heterocycles. The standard InChI is InChI=1S/C16H24Cl2N2/c1-2-5-13-6-3-4-9-20(13)16(11-19)14-8-7-12(17)10-15(14)18/h7-8,10,13,16H,2-6,9,11,19H2,1H3. The van der Waals surface area contributed by atoms with Gasteiger partial charge in [-0.1, -0.05) is 49.0 Å². The van der Waals surface area contributed by atoms with E-state index in [1.807, 2.05) is 18.2 Å². The van der Waals surface area contributed by atoms with Gasteiger partial charge in [-0.3, -0.25) is 4.90 Å². The van der Waals surface area contributed by atoms with Crippen LogP contribution in [-0.2, 0) is 0 Å². The zero-order chi connectivity index (χ0) is 14.5. The number of benzene rings is 1. The molecule has 1 aromatic carbocycles. The fourth-order valence-electron chi connectivity index (χ4n) is 3.29. The van der Waals surface area contributed by atoms with Crippen LogP contribution in [0.1, 0.15) is 50.6 Å². The van der Waals surface area contributed by atoms with Crippen LogP contribution >= 0.6 is 23.2 Å². The van der Waals surface area contributed by atoms with Crippen molar-refractivity contribution in [1.29, 1.82) is 0 Å². The summed E-state index contributed by atoms with van der Waals surface area (Å²) < 4.78 is 0. The molecule has 0 radical (unpaired) electrons. The summed E-state index contributed by atoms with van der Waals surface area (Å²) in [6.45, 7) is 3.96. The number of piperidine rings is 1. The Bertz CT molecular complexity index is 434. The predicted molar refractivity (Wildman–Crippen MR) is 87.5 cm³/mol. The molecular weight excluding hydrogens is 291 g/mol. The Morgan fingerprint density at radius 3 is 2.80 bits per heavy atom. The molecule has 20 heavy (non-hydrogen) atoms. The maximum absolute atomic E-state index is 6.38. The van der Waals surface area contributed by atoms with E-state index in [1.54, 1.807) is 0 Å². The topological polar surface area (TPSA) is 29.3 Å². The molecule has 1 saturated heterocycles. The number of rotatable bonds is 5. The molecule has 1 aliphatic rings. The molecular formula is C16H24Cl2N2. The van der Waals surface area contributed by atoms with E-state index in [0.29, 0.717) is 17.6 Å². The quantitative estimate of drug-likeness (QED) is 0.857. The number of hydrogen-bond acceptors (Lipinski definition) is 2. The summed E-state index contributed by atoms with van der Waals surface area (Å²) in [6.07, 6.45) is 6.30. The second kappa shape index (κ2) is 7.65. The van der Waals surface area contributed by atoms with E-state index in [0.717, 1.165) is 17.1 Å². The van der Waals surface area contributed by atoms with Crippen molar-refractivity contribution >= 4 is 23.2 Å². The van der Waals surface area contributed by atoms with Gasteiger partial charge in [0.05, 0.1) is 0 Å². The van der Waals surface area contributed by atoms with Gasteiger partial charge in [0.1, 0.15) is 0 Å². The van der Waals surface area contributed by atoms with Crippen LogP contribution in [0, 0.1) is 0 Å². The van der Waals surface area contributed by atoms with Gasteiger partial charge in [-0.2, -0.15) is 0 Å². The molecule has 0 saturated carbocycles. The van der Waals surface area contributed by atoms with Gasteiger partial charge in [-0.25, -0.2) is 0 Å². The SMILES string of the molecule is CCCC1CCCCN1C(CN)c1ccc(Cl)cc1Cl. The van der Waals surface area contributed by atoms with Crippen molar-refractivity contribution < 1.29 is 0 Å². The summed E-state index contributed by atoms with van der Waals surface area (Å²) in [6, 6.07) is 6.59. The van der Waals surface area contributed by atoms with Gasteiger partial charge >= 0.3 is 0 Å². The van der Waals surface area contributed by atoms with Crippen molar-refractivity contribution in [2.24, 2.45) is 5.73 Å². The Balaban J connectivity index is 2.25. The predicted octanol–water partition coefficient (Wildman–Crippen LogP) is 4.65. The van der Waals surface area contributed by atoms with Crippen LogP contribution in [0.4, 0.5) is 0 Å². The van der Waals surface area contributed by atoms with E-state index in [4.69, 9.17) is 28.9 Å². The van der Waals surface area contributed by atoms with Gasteiger partial charge in [-0.05, 0) is 43.5 Å². The molecule has 2 nitrogen and oxygen atoms in total. The van der Waals surface area contributed by atoms with Gasteiger partial charge in [0.25, 0.3) is 0 Å². The average molecular weight is 315 g/mol. The number of hydrogen-bond donors (Lipinski definition) is 1. The van der Waals surface area contributed by atoms with Crippen molar-refractivity contribution in [3.8, 4) is 0 Å². The third-order valence-corrected chi connectivity index (χ3v) is 4.80. The molecule has 1 fully saturated rings. The normalized spacial score (nSPS) is 21.9. The molecule has 112 valence electrons. The van der Waals surface area contributed by atoms with E-state index in [-0.39, 0.29) is 6.04 Å². The molecule has 2 rings (SSSR count). The minimum Gasteiger partial charge on any atom is -0.329 e. The molecule has 0 aliphatic carbocycles. The largest absolute Gasteiger partial charge is 0.329 e. The first-order valence-corrected chi connectivity index (χ1v) is 8.33. The summed E-state index contributed by atoms with van der Waals surface area (Å²) in [4.78, 5) is 2.56. The van der Waals surface area contributed by atoms with Crippen molar-refractivity contribution in [3.05, 3.63) is 33.8 Å². The Morgan fingerprint density at radius 2 is 2.15 bits per heavy atom. The van der Waals surface area contributed by atoms with Crippen LogP contribution in [0.2, 0.25) is 10.0 Å². The zero-order valence-corrected chi connectivity index (χ0v) is 13.6. The van der Waals surface area contributed by atoms with E-state index < -0.39 is 0 Å². The van der Waals surface area contributed by atoms with Gasteiger partial charge in [-0.15, -0.1) is 0 Å². The molecule has 1 heterocycles. The van der Waals surface area contributed by atoms with Crippen LogP contribution in [0.25, 0.3) is 0 Å². The third kappa shape index (κ3) is 3.67. The number of likely N-dealkylation sites (tertiary alicyclic amines) is 1. The fourth-order valence-corrected chi connectivity index (χ4v) is 3.82. The smallest absolute Gasteiger partial charge is 0.0488 e. The van der Waals surface area contributed by atoms with Crippen molar-refractivity contribution in [2.45, 2.75) is 51.1 Å². The fraction of sp³-hybridized carbons (Fsp3) is 0.625. The number of halogens is 2. The van der Waals surface area contributed by atoms with Gasteiger partial charge in [0, 0.05) is 28.7 Å². The second-order valence-corrected chi connectivity index (χ2v) is 6.44. The lowest BCUT2D eigenvalue weighted by Gasteiger charge is -2.41. The van der Waals surface area contributed by atoms with Crippen molar-refractivity contribution in [2.75, 3.05) is 13.1 Å². The summed E-state index contributed by atoms with van der Waals surface area (Å²) in [5, 5.41) is 1.41. The minimum absolute atomic E-state index is 0.205. The zero-order valence-electron chi connectivity index (χ0n) is 12.1. The molecule has 1 aromatic rings. The summed E-state index contributed by atoms with van der Waals surface area (Å²) in [5.41, 5.74) is 7.18. The molecule has 1 aliphatic heterocycles. The lowest BCUT2D eigenvalue weighted by Crippen LogP contribution is -2.44. The Hall–Kier alpha value is -0.280. The Labute approximate surface area is 132 Å². The highest BCUT2D eigenvalue weighted by molar-refractivity contribution is 6.35. The minimum atomic E-state index is 0.205. The van der Waals surface area contributed by atoms with Crippen LogP contribution in [-0.4, -0.2) is 24.0 Å². The van der Waals surface area contributed by atoms with E-state index in [1.165, 1.54) is 32.1 Å². The summed E-state index contributed by atoms with van der Waals surface area (Å²) >= 11 is 12.4. The van der Waals surface area contributed by atoms with Crippen LogP contribution < -0.4 is 5.73 Å². The third-order valence-electron chi connectivity index (χ3n) is 4.24. The lowest BCUT2D eigenvalue weighted by atomic mass is 9.93. The molecule has 2 unspecified atom stereocenters. The van der Waals surface area contributed by atoms with Gasteiger partial charge < -0.3 is 5.73 Å². The van der Waals surface area contributed by atoms with Gasteiger partial charge in [0.2, 0.25) is 0 Å². The van der Waals surface area contributed by atoms with Crippen LogP contribution in [0.5, 0.6) is 0 Å².